The van der Waals surface area contributed by atoms with E-state index >= 15 is 0 Å². The molecule has 0 amide bonds. The van der Waals surface area contributed by atoms with Crippen LogP contribution in [0.2, 0.25) is 0 Å². The van der Waals surface area contributed by atoms with Crippen molar-refractivity contribution in [3.05, 3.63) is 0 Å². The molecule has 0 aromatic rings. The quantitative estimate of drug-likeness (QED) is 0.737. The molecule has 96 valence electrons. The van der Waals surface area contributed by atoms with Gasteiger partial charge in [0.25, 0.3) is 0 Å². The van der Waals surface area contributed by atoms with Crippen molar-refractivity contribution in [3.8, 4) is 0 Å². The first-order chi connectivity index (χ1) is 7.56. The third kappa shape index (κ3) is 6.40. The minimum absolute atomic E-state index is 0. The molecule has 3 atom stereocenters. The molecule has 0 saturated heterocycles. The maximum absolute atomic E-state index is 11.0. The molecule has 0 aromatic carbocycles. The fraction of sp³-hybridized carbons (Fsp3) is 0.833. The Morgan fingerprint density at radius 1 is 1.06 bits per heavy atom. The first kappa shape index (κ1) is 21.2. The van der Waals surface area contributed by atoms with E-state index < -0.39 is 23.8 Å². The number of carboxylic acids is 2. The van der Waals surface area contributed by atoms with Gasteiger partial charge in [-0.1, -0.05) is 26.2 Å². The molecule has 18 heavy (non-hydrogen) atoms. The number of carbonyl (C=O) groups is 2. The van der Waals surface area contributed by atoms with Gasteiger partial charge in [-0.05, 0) is 25.2 Å². The van der Waals surface area contributed by atoms with Gasteiger partial charge < -0.3 is 10.2 Å². The molecule has 1 saturated carbocycles. The summed E-state index contributed by atoms with van der Waals surface area (Å²) < 4.78 is 0. The van der Waals surface area contributed by atoms with Gasteiger partial charge in [0.15, 0.2) is 0 Å². The van der Waals surface area contributed by atoms with Gasteiger partial charge >= 0.3 is 71.1 Å². The summed E-state index contributed by atoms with van der Waals surface area (Å²) in [4.78, 5) is 22.0. The van der Waals surface area contributed by atoms with E-state index in [1.54, 1.807) is 0 Å². The average molecular weight is 276 g/mol. The van der Waals surface area contributed by atoms with Crippen molar-refractivity contribution in [1.29, 1.82) is 0 Å². The third-order valence-corrected chi connectivity index (χ3v) is 3.56. The molecule has 0 radical (unpaired) electrons. The Hall–Kier alpha value is 0.940. The van der Waals surface area contributed by atoms with E-state index in [1.807, 2.05) is 0 Å². The molecule has 2 N–H and O–H groups in total. The van der Waals surface area contributed by atoms with E-state index in [0.717, 1.165) is 25.7 Å². The van der Waals surface area contributed by atoms with Crippen molar-refractivity contribution in [2.45, 2.75) is 45.4 Å². The van der Waals surface area contributed by atoms with Crippen LogP contribution in [-0.2, 0) is 9.59 Å². The van der Waals surface area contributed by atoms with Crippen LogP contribution in [0.1, 0.15) is 45.4 Å². The Kier molecular flexibility index (Phi) is 12.6. The van der Waals surface area contributed by atoms with E-state index in [-0.39, 0.29) is 59.1 Å². The second-order valence-electron chi connectivity index (χ2n) is 4.71. The van der Waals surface area contributed by atoms with Crippen LogP contribution >= 0.6 is 0 Å². The standard InChI is InChI=1S/C12H20O4.2Na.2H/c1-2-3-4-8-5-6-9(11(13)14)10(7-8)12(15)16;;;;/h8-10H,2-7H2,1H3,(H,13,14)(H,15,16);;;;. The van der Waals surface area contributed by atoms with Crippen molar-refractivity contribution in [2.24, 2.45) is 17.8 Å². The van der Waals surface area contributed by atoms with Gasteiger partial charge in [-0.25, -0.2) is 0 Å². The summed E-state index contributed by atoms with van der Waals surface area (Å²) in [6.45, 7) is 2.11. The summed E-state index contributed by atoms with van der Waals surface area (Å²) in [5, 5.41) is 18.0. The summed E-state index contributed by atoms with van der Waals surface area (Å²) in [5.41, 5.74) is 0. The first-order valence-electron chi connectivity index (χ1n) is 6.01. The van der Waals surface area contributed by atoms with Gasteiger partial charge in [0.2, 0.25) is 0 Å². The zero-order chi connectivity index (χ0) is 12.1. The molecule has 0 aromatic heterocycles. The maximum atomic E-state index is 11.0. The van der Waals surface area contributed by atoms with Crippen molar-refractivity contribution in [3.63, 3.8) is 0 Å². The molecule has 0 spiro atoms. The normalized spacial score (nSPS) is 26.6. The predicted molar refractivity (Wildman–Crippen MR) is 73.4 cm³/mol. The third-order valence-electron chi connectivity index (χ3n) is 3.56. The van der Waals surface area contributed by atoms with Crippen LogP contribution in [0.5, 0.6) is 0 Å². The molecule has 3 unspecified atom stereocenters. The van der Waals surface area contributed by atoms with Gasteiger partial charge in [0.1, 0.15) is 0 Å². The number of unbranched alkanes of at least 4 members (excludes halogenated alkanes) is 1. The van der Waals surface area contributed by atoms with E-state index in [4.69, 9.17) is 10.2 Å². The Labute approximate surface area is 152 Å². The van der Waals surface area contributed by atoms with E-state index in [9.17, 15) is 9.59 Å². The first-order valence-corrected chi connectivity index (χ1v) is 6.01. The molecule has 0 bridgehead atoms. The van der Waals surface area contributed by atoms with Gasteiger partial charge in [-0.15, -0.1) is 0 Å². The SMILES string of the molecule is CCCCC1CCC(C(=O)O)C(C(=O)O)C1.[NaH].[NaH]. The molecule has 1 rings (SSSR count). The summed E-state index contributed by atoms with van der Waals surface area (Å²) in [6.07, 6.45) is 5.16. The number of hydrogen-bond acceptors (Lipinski definition) is 2. The van der Waals surface area contributed by atoms with Crippen LogP contribution in [-0.4, -0.2) is 81.3 Å². The van der Waals surface area contributed by atoms with Gasteiger partial charge in [-0.2, -0.15) is 0 Å². The molecular weight excluding hydrogens is 254 g/mol. The Bertz CT molecular complexity index is 271. The summed E-state index contributed by atoms with van der Waals surface area (Å²) in [6, 6.07) is 0. The Balaban J connectivity index is 0. The summed E-state index contributed by atoms with van der Waals surface area (Å²) in [7, 11) is 0. The van der Waals surface area contributed by atoms with Crippen LogP contribution in [0.15, 0.2) is 0 Å². The summed E-state index contributed by atoms with van der Waals surface area (Å²) >= 11 is 0. The average Bonchev–Trinajstić information content (AvgIpc) is 2.25. The van der Waals surface area contributed by atoms with Crippen molar-refractivity contribution in [2.75, 3.05) is 0 Å². The van der Waals surface area contributed by atoms with E-state index in [1.165, 1.54) is 0 Å². The van der Waals surface area contributed by atoms with Crippen LogP contribution in [0.25, 0.3) is 0 Å². The molecule has 0 heterocycles. The Morgan fingerprint density at radius 2 is 1.61 bits per heavy atom. The summed E-state index contributed by atoms with van der Waals surface area (Å²) in [5.74, 6) is -2.88. The second-order valence-corrected chi connectivity index (χ2v) is 4.71. The molecule has 4 nitrogen and oxygen atoms in total. The monoisotopic (exact) mass is 276 g/mol. The number of aliphatic carboxylic acids is 2. The second kappa shape index (κ2) is 10.7. The fourth-order valence-electron chi connectivity index (χ4n) is 2.58. The topological polar surface area (TPSA) is 74.6 Å². The number of hydrogen-bond donors (Lipinski definition) is 2. The predicted octanol–water partition coefficient (Wildman–Crippen LogP) is 1.08. The molecule has 1 aliphatic carbocycles. The minimum atomic E-state index is -0.957. The van der Waals surface area contributed by atoms with Crippen molar-refractivity contribution in [1.82, 2.24) is 0 Å². The molecule has 1 aliphatic rings. The molecule has 0 aliphatic heterocycles. The van der Waals surface area contributed by atoms with Crippen molar-refractivity contribution < 1.29 is 19.8 Å². The van der Waals surface area contributed by atoms with Crippen LogP contribution in [0.3, 0.4) is 0 Å². The van der Waals surface area contributed by atoms with Crippen LogP contribution in [0.4, 0.5) is 0 Å². The molecule has 1 fully saturated rings. The zero-order valence-electron chi connectivity index (χ0n) is 9.69. The van der Waals surface area contributed by atoms with Gasteiger partial charge in [-0.3, -0.25) is 9.59 Å². The zero-order valence-corrected chi connectivity index (χ0v) is 9.69. The fourth-order valence-corrected chi connectivity index (χ4v) is 2.58. The van der Waals surface area contributed by atoms with Crippen molar-refractivity contribution >= 4 is 71.1 Å². The number of rotatable bonds is 5. The van der Waals surface area contributed by atoms with E-state index in [0.29, 0.717) is 18.8 Å². The van der Waals surface area contributed by atoms with Crippen LogP contribution < -0.4 is 0 Å². The van der Waals surface area contributed by atoms with E-state index in [2.05, 4.69) is 6.92 Å². The number of carboxylic acid groups (broad SMARTS) is 2. The molecular formula is C12H22Na2O4. The Morgan fingerprint density at radius 3 is 2.06 bits per heavy atom. The van der Waals surface area contributed by atoms with Crippen LogP contribution in [0, 0.1) is 17.8 Å². The molecule has 6 heteroatoms. The van der Waals surface area contributed by atoms with Gasteiger partial charge in [0, 0.05) is 0 Å². The van der Waals surface area contributed by atoms with Gasteiger partial charge in [0.05, 0.1) is 11.8 Å².